The zero-order valence-electron chi connectivity index (χ0n) is 14.1. The van der Waals surface area contributed by atoms with E-state index in [-0.39, 0.29) is 15.0 Å². The van der Waals surface area contributed by atoms with Gasteiger partial charge in [0.2, 0.25) is 9.84 Å². The molecule has 0 saturated carbocycles. The third kappa shape index (κ3) is 3.82. The maximum absolute atomic E-state index is 12.7. The van der Waals surface area contributed by atoms with Crippen LogP contribution in [0.4, 0.5) is 5.69 Å². The smallest absolute Gasteiger partial charge is 0.265 e. The molecule has 0 unspecified atom stereocenters. The average Bonchev–Trinajstić information content (AvgIpc) is 3.09. The molecule has 4 nitrogen and oxygen atoms in total. The predicted octanol–water partition coefficient (Wildman–Crippen LogP) is 5.10. The van der Waals surface area contributed by atoms with E-state index in [1.807, 2.05) is 13.8 Å². The number of nitrogens with one attached hydrogen (secondary N) is 1. The molecule has 0 aliphatic carbocycles. The van der Waals surface area contributed by atoms with Gasteiger partial charge in [-0.05, 0) is 55.8 Å². The van der Waals surface area contributed by atoms with Crippen LogP contribution in [0.1, 0.15) is 20.8 Å². The number of anilines is 1. The molecule has 26 heavy (non-hydrogen) atoms. The molecule has 7 heteroatoms. The minimum Gasteiger partial charge on any atom is -0.321 e. The Bertz CT molecular complexity index is 1070. The van der Waals surface area contributed by atoms with Crippen LogP contribution < -0.4 is 5.32 Å². The number of sulfone groups is 1. The van der Waals surface area contributed by atoms with E-state index in [4.69, 9.17) is 11.6 Å². The monoisotopic (exact) mass is 405 g/mol. The van der Waals surface area contributed by atoms with E-state index in [9.17, 15) is 13.2 Å². The lowest BCUT2D eigenvalue weighted by Crippen LogP contribution is -2.11. The maximum Gasteiger partial charge on any atom is 0.265 e. The minimum atomic E-state index is -3.64. The van der Waals surface area contributed by atoms with Crippen LogP contribution in [0.25, 0.3) is 0 Å². The SMILES string of the molecule is Cc1ccc(S(=O)(=O)c2ccc(C(=O)Nc3cc(Cl)ccc3C)s2)cc1. The van der Waals surface area contributed by atoms with Gasteiger partial charge in [-0.2, -0.15) is 0 Å². The lowest BCUT2D eigenvalue weighted by molar-refractivity contribution is 0.103. The molecule has 0 radical (unpaired) electrons. The zero-order valence-corrected chi connectivity index (χ0v) is 16.5. The van der Waals surface area contributed by atoms with Crippen molar-refractivity contribution >= 4 is 44.4 Å². The van der Waals surface area contributed by atoms with Crippen molar-refractivity contribution in [2.45, 2.75) is 23.0 Å². The van der Waals surface area contributed by atoms with Crippen molar-refractivity contribution in [3.05, 3.63) is 75.6 Å². The summed E-state index contributed by atoms with van der Waals surface area (Å²) in [6, 6.07) is 14.8. The summed E-state index contributed by atoms with van der Waals surface area (Å²) in [6.07, 6.45) is 0. The first-order chi connectivity index (χ1) is 12.3. The molecule has 134 valence electrons. The van der Waals surface area contributed by atoms with Gasteiger partial charge in [0.05, 0.1) is 9.77 Å². The molecule has 0 aliphatic rings. The Hall–Kier alpha value is -2.15. The van der Waals surface area contributed by atoms with Crippen molar-refractivity contribution in [1.29, 1.82) is 0 Å². The molecular formula is C19H16ClNO3S2. The quantitative estimate of drug-likeness (QED) is 0.656. The number of amides is 1. The van der Waals surface area contributed by atoms with E-state index in [1.165, 1.54) is 12.1 Å². The van der Waals surface area contributed by atoms with Gasteiger partial charge in [0.1, 0.15) is 4.21 Å². The predicted molar refractivity (Wildman–Crippen MR) is 105 cm³/mol. The van der Waals surface area contributed by atoms with Crippen molar-refractivity contribution in [2.24, 2.45) is 0 Å². The Kier molecular flexibility index (Phi) is 5.18. The highest BCUT2D eigenvalue weighted by Gasteiger charge is 2.21. The van der Waals surface area contributed by atoms with Crippen LogP contribution in [-0.4, -0.2) is 14.3 Å². The van der Waals surface area contributed by atoms with Gasteiger partial charge in [-0.1, -0.05) is 35.4 Å². The highest BCUT2D eigenvalue weighted by molar-refractivity contribution is 7.93. The minimum absolute atomic E-state index is 0.134. The number of halogens is 1. The van der Waals surface area contributed by atoms with Crippen molar-refractivity contribution < 1.29 is 13.2 Å². The molecule has 0 fully saturated rings. The fourth-order valence-corrected chi connectivity index (χ4v) is 5.11. The first kappa shape index (κ1) is 18.6. The van der Waals surface area contributed by atoms with Gasteiger partial charge in [0.25, 0.3) is 5.91 Å². The Labute approximate surface area is 161 Å². The van der Waals surface area contributed by atoms with Crippen LogP contribution in [0.3, 0.4) is 0 Å². The summed E-state index contributed by atoms with van der Waals surface area (Å²) in [7, 11) is -3.64. The third-order valence-corrected chi connectivity index (χ3v) is 7.43. The molecule has 0 atom stereocenters. The van der Waals surface area contributed by atoms with Gasteiger partial charge in [0, 0.05) is 10.7 Å². The van der Waals surface area contributed by atoms with E-state index in [0.29, 0.717) is 15.6 Å². The van der Waals surface area contributed by atoms with Gasteiger partial charge in [0.15, 0.2) is 0 Å². The van der Waals surface area contributed by atoms with Crippen molar-refractivity contribution in [2.75, 3.05) is 5.32 Å². The summed E-state index contributed by atoms with van der Waals surface area (Å²) in [4.78, 5) is 13.0. The zero-order chi connectivity index (χ0) is 18.9. The number of hydrogen-bond acceptors (Lipinski definition) is 4. The molecule has 0 bridgehead atoms. The molecule has 2 aromatic carbocycles. The summed E-state index contributed by atoms with van der Waals surface area (Å²) in [5, 5.41) is 3.29. The lowest BCUT2D eigenvalue weighted by Gasteiger charge is -2.07. The van der Waals surface area contributed by atoms with Gasteiger partial charge in [-0.3, -0.25) is 4.79 Å². The number of benzene rings is 2. The number of rotatable bonds is 4. The van der Waals surface area contributed by atoms with Crippen LogP contribution in [0.5, 0.6) is 0 Å². The van der Waals surface area contributed by atoms with Crippen molar-refractivity contribution in [3.63, 3.8) is 0 Å². The summed E-state index contributed by atoms with van der Waals surface area (Å²) < 4.78 is 25.5. The van der Waals surface area contributed by atoms with Crippen molar-refractivity contribution in [3.8, 4) is 0 Å². The molecule has 0 saturated heterocycles. The van der Waals surface area contributed by atoms with Gasteiger partial charge in [-0.25, -0.2) is 8.42 Å². The van der Waals surface area contributed by atoms with E-state index < -0.39 is 9.84 Å². The standard InChI is InChI=1S/C19H16ClNO3S2/c1-12-3-7-15(8-4-12)26(23,24)18-10-9-17(25-18)19(22)21-16-11-14(20)6-5-13(16)2/h3-11H,1-2H3,(H,21,22). The van der Waals surface area contributed by atoms with E-state index in [0.717, 1.165) is 22.5 Å². The summed E-state index contributed by atoms with van der Waals surface area (Å²) in [5.41, 5.74) is 2.44. The van der Waals surface area contributed by atoms with Gasteiger partial charge in [-0.15, -0.1) is 11.3 Å². The molecule has 3 rings (SSSR count). The van der Waals surface area contributed by atoms with E-state index in [1.54, 1.807) is 42.5 Å². The molecule has 0 aliphatic heterocycles. The normalized spacial score (nSPS) is 11.3. The van der Waals surface area contributed by atoms with Crippen LogP contribution in [0.2, 0.25) is 5.02 Å². The summed E-state index contributed by atoms with van der Waals surface area (Å²) in [5.74, 6) is -0.370. The molecule has 1 N–H and O–H groups in total. The fraction of sp³-hybridized carbons (Fsp3) is 0.105. The lowest BCUT2D eigenvalue weighted by atomic mass is 10.2. The molecule has 3 aromatic rings. The molecule has 1 heterocycles. The van der Waals surface area contributed by atoms with Crippen LogP contribution in [-0.2, 0) is 9.84 Å². The summed E-state index contributed by atoms with van der Waals surface area (Å²) >= 11 is 6.90. The van der Waals surface area contributed by atoms with Crippen LogP contribution in [0.15, 0.2) is 63.7 Å². The second-order valence-corrected chi connectivity index (χ2v) is 9.55. The molecule has 0 spiro atoms. The Morgan fingerprint density at radius 3 is 2.38 bits per heavy atom. The maximum atomic E-state index is 12.7. The topological polar surface area (TPSA) is 63.2 Å². The van der Waals surface area contributed by atoms with E-state index in [2.05, 4.69) is 5.32 Å². The number of thiophene rings is 1. The fourth-order valence-electron chi connectivity index (χ4n) is 2.33. The number of carbonyl (C=O) groups is 1. The van der Waals surface area contributed by atoms with Crippen LogP contribution in [0, 0.1) is 13.8 Å². The van der Waals surface area contributed by atoms with Crippen molar-refractivity contribution in [1.82, 2.24) is 0 Å². The highest BCUT2D eigenvalue weighted by Crippen LogP contribution is 2.29. The highest BCUT2D eigenvalue weighted by atomic mass is 35.5. The van der Waals surface area contributed by atoms with Gasteiger partial charge < -0.3 is 5.32 Å². The average molecular weight is 406 g/mol. The Morgan fingerprint density at radius 1 is 1.00 bits per heavy atom. The first-order valence-corrected chi connectivity index (χ1v) is 10.4. The molecule has 1 amide bonds. The molecule has 1 aromatic heterocycles. The largest absolute Gasteiger partial charge is 0.321 e. The van der Waals surface area contributed by atoms with E-state index >= 15 is 0 Å². The molecular weight excluding hydrogens is 390 g/mol. The van der Waals surface area contributed by atoms with Gasteiger partial charge >= 0.3 is 0 Å². The Morgan fingerprint density at radius 2 is 1.69 bits per heavy atom. The second kappa shape index (κ2) is 7.23. The first-order valence-electron chi connectivity index (χ1n) is 7.76. The number of carbonyl (C=O) groups excluding carboxylic acids is 1. The van der Waals surface area contributed by atoms with Crippen LogP contribution >= 0.6 is 22.9 Å². The number of aryl methyl sites for hydroxylation is 2. The summed E-state index contributed by atoms with van der Waals surface area (Å²) in [6.45, 7) is 3.75. The third-order valence-electron chi connectivity index (χ3n) is 3.85. The second-order valence-electron chi connectivity index (χ2n) is 5.85. The Balaban J connectivity index is 1.86. The number of hydrogen-bond donors (Lipinski definition) is 1.